The second kappa shape index (κ2) is 5.98. The van der Waals surface area contributed by atoms with Crippen LogP contribution in [0.15, 0.2) is 28.7 Å². The third-order valence-corrected chi connectivity index (χ3v) is 3.96. The summed E-state index contributed by atoms with van der Waals surface area (Å²) in [4.78, 5) is 0. The first-order valence-corrected chi connectivity index (χ1v) is 7.06. The van der Waals surface area contributed by atoms with Gasteiger partial charge in [0.05, 0.1) is 6.61 Å². The average molecular weight is 298 g/mol. The van der Waals surface area contributed by atoms with Crippen molar-refractivity contribution in [3.63, 3.8) is 0 Å². The van der Waals surface area contributed by atoms with E-state index in [4.69, 9.17) is 4.74 Å². The third kappa shape index (κ3) is 3.54. The molecule has 0 radical (unpaired) electrons. The Bertz CT molecular complexity index is 344. The van der Waals surface area contributed by atoms with Gasteiger partial charge in [-0.3, -0.25) is 0 Å². The highest BCUT2D eigenvalue weighted by Gasteiger charge is 2.34. The van der Waals surface area contributed by atoms with E-state index < -0.39 is 0 Å². The predicted molar refractivity (Wildman–Crippen MR) is 74.3 cm³/mol. The van der Waals surface area contributed by atoms with Gasteiger partial charge in [-0.25, -0.2) is 0 Å². The monoisotopic (exact) mass is 297 g/mol. The van der Waals surface area contributed by atoms with Gasteiger partial charge in [0.25, 0.3) is 0 Å². The predicted octanol–water partition coefficient (Wildman–Crippen LogP) is 3.01. The maximum Gasteiger partial charge on any atom is 0.0538 e. The Balaban J connectivity index is 2.04. The number of benzene rings is 1. The standard InChI is InChI=1S/C14H20BrNO/c1-2-16-10-14(7-8-17-11-14)9-12-3-5-13(15)6-4-12/h3-6,16H,2,7-11H2,1H3. The number of hydrogen-bond donors (Lipinski definition) is 1. The molecule has 1 unspecified atom stereocenters. The zero-order valence-corrected chi connectivity index (χ0v) is 11.9. The van der Waals surface area contributed by atoms with Crippen molar-refractivity contribution in [2.45, 2.75) is 19.8 Å². The van der Waals surface area contributed by atoms with Gasteiger partial charge in [-0.15, -0.1) is 0 Å². The van der Waals surface area contributed by atoms with Crippen LogP contribution in [0, 0.1) is 5.41 Å². The van der Waals surface area contributed by atoms with Crippen molar-refractivity contribution in [1.29, 1.82) is 0 Å². The molecule has 1 aliphatic rings. The Morgan fingerprint density at radius 3 is 2.71 bits per heavy atom. The lowest BCUT2D eigenvalue weighted by molar-refractivity contribution is 0.149. The third-order valence-electron chi connectivity index (χ3n) is 3.43. The van der Waals surface area contributed by atoms with Crippen molar-refractivity contribution in [3.8, 4) is 0 Å². The van der Waals surface area contributed by atoms with Crippen LogP contribution in [0.2, 0.25) is 0 Å². The van der Waals surface area contributed by atoms with Crippen LogP contribution >= 0.6 is 15.9 Å². The summed E-state index contributed by atoms with van der Waals surface area (Å²) >= 11 is 3.48. The minimum absolute atomic E-state index is 0.295. The Morgan fingerprint density at radius 1 is 1.35 bits per heavy atom. The van der Waals surface area contributed by atoms with Crippen molar-refractivity contribution in [1.82, 2.24) is 5.32 Å². The van der Waals surface area contributed by atoms with Gasteiger partial charge in [0.2, 0.25) is 0 Å². The molecule has 17 heavy (non-hydrogen) atoms. The molecule has 1 heterocycles. The lowest BCUT2D eigenvalue weighted by Crippen LogP contribution is -2.36. The number of nitrogens with one attached hydrogen (secondary N) is 1. The largest absolute Gasteiger partial charge is 0.381 e. The molecule has 0 aromatic heterocycles. The number of rotatable bonds is 5. The summed E-state index contributed by atoms with van der Waals surface area (Å²) in [5.74, 6) is 0. The molecule has 1 atom stereocenters. The van der Waals surface area contributed by atoms with E-state index in [2.05, 4.69) is 52.4 Å². The van der Waals surface area contributed by atoms with E-state index in [-0.39, 0.29) is 0 Å². The Hall–Kier alpha value is -0.380. The van der Waals surface area contributed by atoms with Gasteiger partial charge in [-0.1, -0.05) is 35.0 Å². The fourth-order valence-electron chi connectivity index (χ4n) is 2.42. The van der Waals surface area contributed by atoms with Crippen LogP contribution in [0.1, 0.15) is 18.9 Å². The molecule has 1 fully saturated rings. The summed E-state index contributed by atoms with van der Waals surface area (Å²) in [6.45, 7) is 6.03. The van der Waals surface area contributed by atoms with Crippen LogP contribution in [0.3, 0.4) is 0 Å². The molecule has 0 spiro atoms. The van der Waals surface area contributed by atoms with Crippen molar-refractivity contribution in [2.75, 3.05) is 26.3 Å². The molecule has 1 N–H and O–H groups in total. The maximum atomic E-state index is 5.60. The number of hydrogen-bond acceptors (Lipinski definition) is 2. The van der Waals surface area contributed by atoms with Crippen LogP contribution in [0.4, 0.5) is 0 Å². The molecule has 0 aliphatic carbocycles. The molecule has 1 aromatic rings. The van der Waals surface area contributed by atoms with Crippen molar-refractivity contribution >= 4 is 15.9 Å². The summed E-state index contributed by atoms with van der Waals surface area (Å²) in [5, 5.41) is 3.47. The minimum Gasteiger partial charge on any atom is -0.381 e. The molecule has 3 heteroatoms. The van der Waals surface area contributed by atoms with E-state index >= 15 is 0 Å². The summed E-state index contributed by atoms with van der Waals surface area (Å²) < 4.78 is 6.75. The van der Waals surface area contributed by atoms with Gasteiger partial charge in [0.15, 0.2) is 0 Å². The summed E-state index contributed by atoms with van der Waals surface area (Å²) in [5.41, 5.74) is 1.70. The van der Waals surface area contributed by atoms with E-state index in [1.165, 1.54) is 5.56 Å². The summed E-state index contributed by atoms with van der Waals surface area (Å²) in [6, 6.07) is 8.64. The second-order valence-corrected chi connectivity index (χ2v) is 5.80. The topological polar surface area (TPSA) is 21.3 Å². The number of halogens is 1. The van der Waals surface area contributed by atoms with Gasteiger partial charge in [-0.05, 0) is 37.1 Å². The van der Waals surface area contributed by atoms with Crippen molar-refractivity contribution in [2.24, 2.45) is 5.41 Å². The fraction of sp³-hybridized carbons (Fsp3) is 0.571. The van der Waals surface area contributed by atoms with E-state index in [9.17, 15) is 0 Å². The highest BCUT2D eigenvalue weighted by Crippen LogP contribution is 2.32. The van der Waals surface area contributed by atoms with Crippen LogP contribution in [-0.4, -0.2) is 26.3 Å². The molecule has 2 nitrogen and oxygen atoms in total. The van der Waals surface area contributed by atoms with Gasteiger partial charge >= 0.3 is 0 Å². The van der Waals surface area contributed by atoms with Crippen LogP contribution < -0.4 is 5.32 Å². The van der Waals surface area contributed by atoms with Crippen LogP contribution in [-0.2, 0) is 11.2 Å². The zero-order valence-electron chi connectivity index (χ0n) is 10.3. The second-order valence-electron chi connectivity index (χ2n) is 4.89. The summed E-state index contributed by atoms with van der Waals surface area (Å²) in [6.07, 6.45) is 2.27. The fourth-order valence-corrected chi connectivity index (χ4v) is 2.68. The van der Waals surface area contributed by atoms with Crippen LogP contribution in [0.5, 0.6) is 0 Å². The molecule has 2 rings (SSSR count). The first-order valence-electron chi connectivity index (χ1n) is 6.27. The molecule has 1 aliphatic heterocycles. The zero-order chi connectivity index (χ0) is 12.1. The van der Waals surface area contributed by atoms with E-state index in [0.717, 1.165) is 43.6 Å². The van der Waals surface area contributed by atoms with Gasteiger partial charge < -0.3 is 10.1 Å². The quantitative estimate of drug-likeness (QED) is 0.902. The molecule has 1 aromatic carbocycles. The van der Waals surface area contributed by atoms with Crippen LogP contribution in [0.25, 0.3) is 0 Å². The molecule has 94 valence electrons. The highest BCUT2D eigenvalue weighted by molar-refractivity contribution is 9.10. The average Bonchev–Trinajstić information content (AvgIpc) is 2.79. The maximum absolute atomic E-state index is 5.60. The highest BCUT2D eigenvalue weighted by atomic mass is 79.9. The SMILES string of the molecule is CCNCC1(Cc2ccc(Br)cc2)CCOC1. The summed E-state index contributed by atoms with van der Waals surface area (Å²) in [7, 11) is 0. The van der Waals surface area contributed by atoms with E-state index in [1.807, 2.05) is 0 Å². The molecule has 0 bridgehead atoms. The van der Waals surface area contributed by atoms with Gasteiger partial charge in [-0.2, -0.15) is 0 Å². The number of ether oxygens (including phenoxy) is 1. The van der Waals surface area contributed by atoms with Gasteiger partial charge in [0, 0.05) is 23.0 Å². The lowest BCUT2D eigenvalue weighted by Gasteiger charge is -2.27. The molecule has 0 saturated carbocycles. The molecular weight excluding hydrogens is 278 g/mol. The van der Waals surface area contributed by atoms with Crippen molar-refractivity contribution < 1.29 is 4.74 Å². The minimum atomic E-state index is 0.295. The first kappa shape index (κ1) is 13.1. The van der Waals surface area contributed by atoms with E-state index in [1.54, 1.807) is 0 Å². The van der Waals surface area contributed by atoms with Crippen molar-refractivity contribution in [3.05, 3.63) is 34.3 Å². The Morgan fingerprint density at radius 2 is 2.12 bits per heavy atom. The van der Waals surface area contributed by atoms with E-state index in [0.29, 0.717) is 5.41 Å². The molecule has 0 amide bonds. The Labute approximate surface area is 112 Å². The van der Waals surface area contributed by atoms with Gasteiger partial charge in [0.1, 0.15) is 0 Å². The Kier molecular flexibility index (Phi) is 4.60. The lowest BCUT2D eigenvalue weighted by atomic mass is 9.81. The molecule has 1 saturated heterocycles. The smallest absolute Gasteiger partial charge is 0.0538 e. The first-order chi connectivity index (χ1) is 8.24. The molecular formula is C14H20BrNO. The normalized spacial score (nSPS) is 24.1.